The highest BCUT2D eigenvalue weighted by molar-refractivity contribution is 6.07. The quantitative estimate of drug-likeness (QED) is 0.625. The summed E-state index contributed by atoms with van der Waals surface area (Å²) in [4.78, 5) is 12.1. The molecule has 0 heterocycles. The SMILES string of the molecule is O=C(C=Cc1cccc(C(F)(F)F)c1)Nc1cccc2ccccc12. The Morgan fingerprint density at radius 1 is 0.920 bits per heavy atom. The van der Waals surface area contributed by atoms with Crippen molar-refractivity contribution >= 4 is 28.4 Å². The molecule has 0 bridgehead atoms. The van der Waals surface area contributed by atoms with Gasteiger partial charge in [-0.25, -0.2) is 0 Å². The summed E-state index contributed by atoms with van der Waals surface area (Å²) < 4.78 is 38.1. The summed E-state index contributed by atoms with van der Waals surface area (Å²) in [6.45, 7) is 0. The third kappa shape index (κ3) is 4.07. The molecule has 0 atom stereocenters. The van der Waals surface area contributed by atoms with Crippen molar-refractivity contribution in [3.8, 4) is 0 Å². The van der Waals surface area contributed by atoms with E-state index >= 15 is 0 Å². The predicted molar refractivity (Wildman–Crippen MR) is 93.1 cm³/mol. The number of amides is 1. The van der Waals surface area contributed by atoms with Gasteiger partial charge in [0, 0.05) is 17.1 Å². The second-order valence-electron chi connectivity index (χ2n) is 5.47. The van der Waals surface area contributed by atoms with Crippen LogP contribution in [0.4, 0.5) is 18.9 Å². The molecule has 0 radical (unpaired) electrons. The largest absolute Gasteiger partial charge is 0.416 e. The maximum Gasteiger partial charge on any atom is 0.416 e. The van der Waals surface area contributed by atoms with E-state index < -0.39 is 17.6 Å². The third-order valence-electron chi connectivity index (χ3n) is 3.69. The Balaban J connectivity index is 1.77. The lowest BCUT2D eigenvalue weighted by molar-refractivity contribution is -0.137. The van der Waals surface area contributed by atoms with Crippen molar-refractivity contribution in [3.63, 3.8) is 0 Å². The maximum atomic E-state index is 12.7. The first-order valence-electron chi connectivity index (χ1n) is 7.57. The fourth-order valence-corrected chi connectivity index (χ4v) is 2.50. The first kappa shape index (κ1) is 16.8. The molecule has 0 spiro atoms. The zero-order chi connectivity index (χ0) is 17.9. The summed E-state index contributed by atoms with van der Waals surface area (Å²) in [7, 11) is 0. The van der Waals surface area contributed by atoms with Gasteiger partial charge >= 0.3 is 6.18 Å². The minimum Gasteiger partial charge on any atom is -0.322 e. The number of carbonyl (C=O) groups is 1. The zero-order valence-electron chi connectivity index (χ0n) is 13.0. The molecule has 0 aliphatic rings. The smallest absolute Gasteiger partial charge is 0.322 e. The molecule has 0 unspecified atom stereocenters. The number of benzene rings is 3. The molecule has 0 aromatic heterocycles. The van der Waals surface area contributed by atoms with Crippen molar-refractivity contribution in [2.75, 3.05) is 5.32 Å². The minimum absolute atomic E-state index is 0.308. The Kier molecular flexibility index (Phi) is 4.57. The predicted octanol–water partition coefficient (Wildman–Crippen LogP) is 5.51. The van der Waals surface area contributed by atoms with Crippen LogP contribution in [-0.2, 0) is 11.0 Å². The fourth-order valence-electron chi connectivity index (χ4n) is 2.50. The summed E-state index contributed by atoms with van der Waals surface area (Å²) in [5.74, 6) is -0.409. The Morgan fingerprint density at radius 3 is 2.44 bits per heavy atom. The van der Waals surface area contributed by atoms with Crippen LogP contribution in [0, 0.1) is 0 Å². The van der Waals surface area contributed by atoms with Gasteiger partial charge in [-0.3, -0.25) is 4.79 Å². The molecule has 2 nitrogen and oxygen atoms in total. The lowest BCUT2D eigenvalue weighted by Crippen LogP contribution is -2.08. The van der Waals surface area contributed by atoms with E-state index in [0.717, 1.165) is 22.9 Å². The zero-order valence-corrected chi connectivity index (χ0v) is 13.0. The van der Waals surface area contributed by atoms with Crippen molar-refractivity contribution in [2.45, 2.75) is 6.18 Å². The molecule has 0 saturated heterocycles. The lowest BCUT2D eigenvalue weighted by Gasteiger charge is -2.07. The van der Waals surface area contributed by atoms with Gasteiger partial charge in [-0.05, 0) is 35.2 Å². The number of alkyl halides is 3. The number of halogens is 3. The number of rotatable bonds is 3. The average Bonchev–Trinajstić information content (AvgIpc) is 2.60. The lowest BCUT2D eigenvalue weighted by atomic mass is 10.1. The van der Waals surface area contributed by atoms with Crippen LogP contribution < -0.4 is 5.32 Å². The fraction of sp³-hybridized carbons (Fsp3) is 0.0500. The van der Waals surface area contributed by atoms with Crippen molar-refractivity contribution in [3.05, 3.63) is 83.9 Å². The maximum absolute atomic E-state index is 12.7. The molecule has 1 amide bonds. The third-order valence-corrected chi connectivity index (χ3v) is 3.69. The van der Waals surface area contributed by atoms with Crippen LogP contribution in [-0.4, -0.2) is 5.91 Å². The van der Waals surface area contributed by atoms with Crippen LogP contribution >= 0.6 is 0 Å². The highest BCUT2D eigenvalue weighted by Crippen LogP contribution is 2.29. The van der Waals surface area contributed by atoms with Gasteiger partial charge in [-0.1, -0.05) is 48.5 Å². The van der Waals surface area contributed by atoms with E-state index in [4.69, 9.17) is 0 Å². The van der Waals surface area contributed by atoms with Gasteiger partial charge in [0.05, 0.1) is 5.56 Å². The number of hydrogen-bond donors (Lipinski definition) is 1. The summed E-state index contributed by atoms with van der Waals surface area (Å²) >= 11 is 0. The topological polar surface area (TPSA) is 29.1 Å². The molecule has 25 heavy (non-hydrogen) atoms. The van der Waals surface area contributed by atoms with Crippen LogP contribution in [0.15, 0.2) is 72.8 Å². The molecule has 0 aliphatic heterocycles. The Morgan fingerprint density at radius 2 is 1.64 bits per heavy atom. The highest BCUT2D eigenvalue weighted by Gasteiger charge is 2.30. The van der Waals surface area contributed by atoms with Gasteiger partial charge in [-0.15, -0.1) is 0 Å². The van der Waals surface area contributed by atoms with Gasteiger partial charge in [0.1, 0.15) is 0 Å². The number of hydrogen-bond acceptors (Lipinski definition) is 1. The molecule has 3 rings (SSSR count). The summed E-state index contributed by atoms with van der Waals surface area (Å²) in [6, 6.07) is 18.0. The molecule has 0 saturated carbocycles. The van der Waals surface area contributed by atoms with Gasteiger partial charge in [0.25, 0.3) is 0 Å². The monoisotopic (exact) mass is 341 g/mol. The molecule has 3 aromatic carbocycles. The molecule has 0 aliphatic carbocycles. The van der Waals surface area contributed by atoms with Gasteiger partial charge in [0.15, 0.2) is 0 Å². The Hall–Kier alpha value is -3.08. The number of anilines is 1. The van der Waals surface area contributed by atoms with E-state index in [2.05, 4.69) is 5.32 Å². The van der Waals surface area contributed by atoms with Crippen LogP contribution in [0.25, 0.3) is 16.8 Å². The number of carbonyl (C=O) groups excluding carboxylic acids is 1. The van der Waals surface area contributed by atoms with Gasteiger partial charge < -0.3 is 5.32 Å². The van der Waals surface area contributed by atoms with Crippen LogP contribution in [0.3, 0.4) is 0 Å². The molecule has 1 N–H and O–H groups in total. The second-order valence-corrected chi connectivity index (χ2v) is 5.47. The molecule has 0 fully saturated rings. The summed E-state index contributed by atoms with van der Waals surface area (Å²) in [5, 5.41) is 4.63. The highest BCUT2D eigenvalue weighted by atomic mass is 19.4. The molecule has 126 valence electrons. The summed E-state index contributed by atoms with van der Waals surface area (Å²) in [6.07, 6.45) is -1.83. The van der Waals surface area contributed by atoms with Crippen LogP contribution in [0.1, 0.15) is 11.1 Å². The molecule has 3 aromatic rings. The average molecular weight is 341 g/mol. The molecular weight excluding hydrogens is 327 g/mol. The molecule has 5 heteroatoms. The Bertz CT molecular complexity index is 940. The van der Waals surface area contributed by atoms with Gasteiger partial charge in [0.2, 0.25) is 5.91 Å². The van der Waals surface area contributed by atoms with Crippen LogP contribution in [0.5, 0.6) is 0 Å². The molecular formula is C20H14F3NO. The van der Waals surface area contributed by atoms with Crippen molar-refractivity contribution < 1.29 is 18.0 Å². The van der Waals surface area contributed by atoms with Crippen molar-refractivity contribution in [2.24, 2.45) is 0 Å². The normalized spacial score (nSPS) is 11.8. The van der Waals surface area contributed by atoms with Crippen molar-refractivity contribution in [1.82, 2.24) is 0 Å². The van der Waals surface area contributed by atoms with E-state index in [-0.39, 0.29) is 0 Å². The standard InChI is InChI=1S/C20H14F3NO/c21-20(22,23)16-8-3-5-14(13-16)11-12-19(25)24-18-10-4-7-15-6-1-2-9-17(15)18/h1-13H,(H,24,25). The van der Waals surface area contributed by atoms with E-state index in [1.807, 2.05) is 36.4 Å². The number of fused-ring (bicyclic) bond motifs is 1. The van der Waals surface area contributed by atoms with Gasteiger partial charge in [-0.2, -0.15) is 13.2 Å². The van der Waals surface area contributed by atoms with E-state index in [9.17, 15) is 18.0 Å². The first-order valence-corrected chi connectivity index (χ1v) is 7.57. The first-order chi connectivity index (χ1) is 11.9. The van der Waals surface area contributed by atoms with Crippen molar-refractivity contribution in [1.29, 1.82) is 0 Å². The number of nitrogens with one attached hydrogen (secondary N) is 1. The van der Waals surface area contributed by atoms with E-state index in [0.29, 0.717) is 11.3 Å². The minimum atomic E-state index is -4.41. The summed E-state index contributed by atoms with van der Waals surface area (Å²) in [5.41, 5.74) is 0.212. The van der Waals surface area contributed by atoms with E-state index in [1.54, 1.807) is 6.07 Å². The second kappa shape index (κ2) is 6.81. The van der Waals surface area contributed by atoms with Crippen LogP contribution in [0.2, 0.25) is 0 Å². The van der Waals surface area contributed by atoms with E-state index in [1.165, 1.54) is 24.3 Å². The Labute approximate surface area is 142 Å².